The van der Waals surface area contributed by atoms with Crippen LogP contribution in [-0.2, 0) is 9.53 Å². The third-order valence-electron chi connectivity index (χ3n) is 5.15. The van der Waals surface area contributed by atoms with Gasteiger partial charge in [0.15, 0.2) is 0 Å². The Kier molecular flexibility index (Phi) is 5.44. The molecule has 0 aliphatic carbocycles. The van der Waals surface area contributed by atoms with E-state index in [-0.39, 0.29) is 16.7 Å². The Morgan fingerprint density at radius 3 is 2.45 bits per heavy atom. The molecule has 2 aliphatic heterocycles. The van der Waals surface area contributed by atoms with Gasteiger partial charge in [0.1, 0.15) is 0 Å². The normalized spacial score (nSPS) is 25.1. The zero-order valence-corrected chi connectivity index (χ0v) is 13.1. The summed E-state index contributed by atoms with van der Waals surface area (Å²) in [5.41, 5.74) is 0.0930. The predicted molar refractivity (Wildman–Crippen MR) is 80.6 cm³/mol. The minimum absolute atomic E-state index is 0.123. The van der Waals surface area contributed by atoms with Gasteiger partial charge in [0.25, 0.3) is 0 Å². The highest BCUT2D eigenvalue weighted by atomic mass is 16.5. The van der Waals surface area contributed by atoms with Crippen LogP contribution >= 0.6 is 0 Å². The van der Waals surface area contributed by atoms with Gasteiger partial charge in [-0.25, -0.2) is 0 Å². The van der Waals surface area contributed by atoms with Gasteiger partial charge in [-0.2, -0.15) is 0 Å². The van der Waals surface area contributed by atoms with Crippen LogP contribution in [0.5, 0.6) is 0 Å². The van der Waals surface area contributed by atoms with E-state index < -0.39 is 0 Å². The number of ether oxygens (including phenoxy) is 1. The molecule has 0 bridgehead atoms. The molecule has 2 N–H and O–H groups in total. The summed E-state index contributed by atoms with van der Waals surface area (Å²) in [7, 11) is 0. The van der Waals surface area contributed by atoms with E-state index in [1.165, 1.54) is 0 Å². The molecule has 2 rings (SSSR count). The number of nitrogens with one attached hydrogen (secondary N) is 2. The maximum Gasteiger partial charge on any atom is 0.226 e. The average molecular weight is 282 g/mol. The number of amides is 1. The number of carbonyl (C=O) groups excluding carboxylic acids is 1. The van der Waals surface area contributed by atoms with Crippen molar-refractivity contribution in [2.24, 2.45) is 10.8 Å². The van der Waals surface area contributed by atoms with Gasteiger partial charge in [0.05, 0.1) is 5.41 Å². The van der Waals surface area contributed by atoms with Crippen LogP contribution in [0.1, 0.15) is 52.4 Å². The molecule has 1 amide bonds. The molecule has 4 nitrogen and oxygen atoms in total. The van der Waals surface area contributed by atoms with Gasteiger partial charge in [-0.3, -0.25) is 4.79 Å². The Bertz CT molecular complexity index is 313. The molecule has 0 unspecified atom stereocenters. The van der Waals surface area contributed by atoms with E-state index in [1.54, 1.807) is 0 Å². The second-order valence-corrected chi connectivity index (χ2v) is 6.89. The van der Waals surface area contributed by atoms with Crippen molar-refractivity contribution in [3.63, 3.8) is 0 Å². The van der Waals surface area contributed by atoms with Gasteiger partial charge in [-0.1, -0.05) is 20.3 Å². The molecule has 0 spiro atoms. The van der Waals surface area contributed by atoms with Crippen LogP contribution < -0.4 is 10.6 Å². The highest BCUT2D eigenvalue weighted by Gasteiger charge is 2.39. The highest BCUT2D eigenvalue weighted by molar-refractivity contribution is 5.82. The lowest BCUT2D eigenvalue weighted by molar-refractivity contribution is -0.134. The van der Waals surface area contributed by atoms with Gasteiger partial charge in [-0.15, -0.1) is 0 Å². The van der Waals surface area contributed by atoms with Crippen molar-refractivity contribution in [1.82, 2.24) is 10.6 Å². The van der Waals surface area contributed by atoms with Gasteiger partial charge < -0.3 is 15.4 Å². The van der Waals surface area contributed by atoms with Crippen LogP contribution in [-0.4, -0.2) is 38.8 Å². The van der Waals surface area contributed by atoms with Crippen LogP contribution in [0.2, 0.25) is 0 Å². The second-order valence-electron chi connectivity index (χ2n) is 6.89. The van der Waals surface area contributed by atoms with Crippen LogP contribution in [0.15, 0.2) is 0 Å². The quantitative estimate of drug-likeness (QED) is 0.812. The monoisotopic (exact) mass is 282 g/mol. The minimum atomic E-state index is -0.123. The van der Waals surface area contributed by atoms with Crippen molar-refractivity contribution in [1.29, 1.82) is 0 Å². The zero-order chi connectivity index (χ0) is 14.5. The summed E-state index contributed by atoms with van der Waals surface area (Å²) in [6, 6.07) is 0. The fraction of sp³-hybridized carbons (Fsp3) is 0.938. The maximum absolute atomic E-state index is 12.7. The molecule has 2 heterocycles. The van der Waals surface area contributed by atoms with Crippen LogP contribution in [0, 0.1) is 10.8 Å². The van der Waals surface area contributed by atoms with Crippen molar-refractivity contribution < 1.29 is 9.53 Å². The summed E-state index contributed by atoms with van der Waals surface area (Å²) in [5, 5.41) is 6.64. The Hall–Kier alpha value is -0.610. The van der Waals surface area contributed by atoms with E-state index in [0.29, 0.717) is 0 Å². The molecule has 0 saturated carbocycles. The predicted octanol–water partition coefficient (Wildman–Crippen LogP) is 2.09. The Balaban J connectivity index is 1.91. The number of rotatable bonds is 5. The highest BCUT2D eigenvalue weighted by Crippen LogP contribution is 2.35. The largest absolute Gasteiger partial charge is 0.381 e. The molecule has 116 valence electrons. The number of piperidine rings is 1. The van der Waals surface area contributed by atoms with Gasteiger partial charge >= 0.3 is 0 Å². The third kappa shape index (κ3) is 3.73. The lowest BCUT2D eigenvalue weighted by Crippen LogP contribution is -2.50. The molecule has 0 atom stereocenters. The Morgan fingerprint density at radius 1 is 1.20 bits per heavy atom. The summed E-state index contributed by atoms with van der Waals surface area (Å²) in [6.07, 6.45) is 6.16. The van der Waals surface area contributed by atoms with E-state index in [0.717, 1.165) is 71.4 Å². The average Bonchev–Trinajstić information content (AvgIpc) is 2.47. The van der Waals surface area contributed by atoms with Crippen molar-refractivity contribution in [2.45, 2.75) is 52.4 Å². The fourth-order valence-electron chi connectivity index (χ4n) is 3.50. The third-order valence-corrected chi connectivity index (χ3v) is 5.15. The van der Waals surface area contributed by atoms with E-state index in [1.807, 2.05) is 0 Å². The van der Waals surface area contributed by atoms with Crippen LogP contribution in [0.3, 0.4) is 0 Å². The fourth-order valence-corrected chi connectivity index (χ4v) is 3.50. The smallest absolute Gasteiger partial charge is 0.226 e. The number of carbonyl (C=O) groups is 1. The maximum atomic E-state index is 12.7. The van der Waals surface area contributed by atoms with Crippen LogP contribution in [0.4, 0.5) is 0 Å². The molecule has 4 heteroatoms. The molecule has 2 aliphatic rings. The number of hydrogen-bond donors (Lipinski definition) is 2. The molecule has 0 radical (unpaired) electrons. The first kappa shape index (κ1) is 15.8. The first-order chi connectivity index (χ1) is 9.60. The first-order valence-corrected chi connectivity index (χ1v) is 8.17. The summed E-state index contributed by atoms with van der Waals surface area (Å²) >= 11 is 0. The van der Waals surface area contributed by atoms with Crippen LogP contribution in [0.25, 0.3) is 0 Å². The molecular weight excluding hydrogens is 252 g/mol. The molecular formula is C16H30N2O2. The van der Waals surface area contributed by atoms with Gasteiger partial charge in [0.2, 0.25) is 5.91 Å². The van der Waals surface area contributed by atoms with Crippen molar-refractivity contribution in [2.75, 3.05) is 32.8 Å². The molecule has 2 fully saturated rings. The van der Waals surface area contributed by atoms with E-state index in [2.05, 4.69) is 24.5 Å². The summed E-state index contributed by atoms with van der Waals surface area (Å²) < 4.78 is 5.43. The molecule has 2 saturated heterocycles. The van der Waals surface area contributed by atoms with E-state index >= 15 is 0 Å². The SMILES string of the molecule is CCCC1(C(=O)NCC2(C)CCOCC2)CCNCC1. The summed E-state index contributed by atoms with van der Waals surface area (Å²) in [6.45, 7) is 8.85. The summed E-state index contributed by atoms with van der Waals surface area (Å²) in [5.74, 6) is 0.286. The van der Waals surface area contributed by atoms with Crippen molar-refractivity contribution in [3.05, 3.63) is 0 Å². The lowest BCUT2D eigenvalue weighted by Gasteiger charge is -2.39. The van der Waals surface area contributed by atoms with E-state index in [4.69, 9.17) is 4.74 Å². The topological polar surface area (TPSA) is 50.4 Å². The molecule has 20 heavy (non-hydrogen) atoms. The second kappa shape index (κ2) is 6.90. The molecule has 0 aromatic heterocycles. The minimum Gasteiger partial charge on any atom is -0.381 e. The zero-order valence-electron chi connectivity index (χ0n) is 13.1. The van der Waals surface area contributed by atoms with Crippen molar-refractivity contribution in [3.8, 4) is 0 Å². The lowest BCUT2D eigenvalue weighted by atomic mass is 9.74. The summed E-state index contributed by atoms with van der Waals surface area (Å²) in [4.78, 5) is 12.7. The Labute approximate surface area is 123 Å². The van der Waals surface area contributed by atoms with E-state index in [9.17, 15) is 4.79 Å². The molecule has 0 aromatic rings. The molecule has 0 aromatic carbocycles. The number of hydrogen-bond acceptors (Lipinski definition) is 3. The first-order valence-electron chi connectivity index (χ1n) is 8.17. The van der Waals surface area contributed by atoms with Gasteiger partial charge in [-0.05, 0) is 50.6 Å². The van der Waals surface area contributed by atoms with Gasteiger partial charge in [0, 0.05) is 19.8 Å². The Morgan fingerprint density at radius 2 is 1.85 bits per heavy atom. The standard InChI is InChI=1S/C16H30N2O2/c1-3-4-16(5-9-17-10-6-16)14(19)18-13-15(2)7-11-20-12-8-15/h17H,3-13H2,1-2H3,(H,18,19). The van der Waals surface area contributed by atoms with Crippen molar-refractivity contribution >= 4 is 5.91 Å².